The molecule has 8 heteroatoms. The van der Waals surface area contributed by atoms with Crippen LogP contribution in [0.5, 0.6) is 0 Å². The Morgan fingerprint density at radius 3 is 2.17 bits per heavy atom. The highest BCUT2D eigenvalue weighted by Gasteiger charge is 2.40. The Labute approximate surface area is 106 Å². The third kappa shape index (κ3) is 2.64. The van der Waals surface area contributed by atoms with Gasteiger partial charge in [-0.2, -0.15) is 0 Å². The van der Waals surface area contributed by atoms with Gasteiger partial charge in [-0.25, -0.2) is 12.7 Å². The van der Waals surface area contributed by atoms with E-state index in [1.54, 1.807) is 9.80 Å². The van der Waals surface area contributed by atoms with Crippen molar-refractivity contribution in [3.63, 3.8) is 0 Å². The highest BCUT2D eigenvalue weighted by molar-refractivity contribution is 7.88. The van der Waals surface area contributed by atoms with Gasteiger partial charge in [-0.3, -0.25) is 9.59 Å². The highest BCUT2D eigenvalue weighted by Crippen LogP contribution is 2.21. The van der Waals surface area contributed by atoms with Gasteiger partial charge in [0.15, 0.2) is 0 Å². The van der Waals surface area contributed by atoms with Gasteiger partial charge >= 0.3 is 0 Å². The van der Waals surface area contributed by atoms with E-state index in [0.717, 1.165) is 12.7 Å². The van der Waals surface area contributed by atoms with Gasteiger partial charge in [0.2, 0.25) is 22.3 Å². The van der Waals surface area contributed by atoms with Crippen molar-refractivity contribution in [1.29, 1.82) is 0 Å². The molecule has 0 unspecified atom stereocenters. The summed E-state index contributed by atoms with van der Waals surface area (Å²) in [6, 6.07) is 0. The molecule has 0 atom stereocenters. The molecule has 0 radical (unpaired) electrons. The summed E-state index contributed by atoms with van der Waals surface area (Å²) in [4.78, 5) is 25.9. The molecule has 0 bridgehead atoms. The Kier molecular flexibility index (Phi) is 3.58. The van der Waals surface area contributed by atoms with Gasteiger partial charge in [0.05, 0.1) is 12.2 Å². The number of carbonyl (C=O) groups excluding carboxylic acids is 2. The normalized spacial score (nSPS) is 22.7. The number of amides is 2. The summed E-state index contributed by atoms with van der Waals surface area (Å²) in [5, 5.41) is 0. The predicted molar refractivity (Wildman–Crippen MR) is 64.1 cm³/mol. The van der Waals surface area contributed by atoms with E-state index in [9.17, 15) is 18.0 Å². The van der Waals surface area contributed by atoms with Gasteiger partial charge in [0, 0.05) is 39.3 Å². The molecule has 18 heavy (non-hydrogen) atoms. The monoisotopic (exact) mass is 275 g/mol. The van der Waals surface area contributed by atoms with E-state index in [0.29, 0.717) is 26.2 Å². The summed E-state index contributed by atoms with van der Waals surface area (Å²) in [6.45, 7) is 2.74. The molecule has 2 aliphatic heterocycles. The van der Waals surface area contributed by atoms with E-state index in [2.05, 4.69) is 0 Å². The van der Waals surface area contributed by atoms with E-state index >= 15 is 0 Å². The molecule has 0 aliphatic carbocycles. The molecule has 2 amide bonds. The lowest BCUT2D eigenvalue weighted by Crippen LogP contribution is -2.58. The number of rotatable bonds is 3. The maximum Gasteiger partial charge on any atom is 0.228 e. The molecule has 2 fully saturated rings. The van der Waals surface area contributed by atoms with Crippen LogP contribution in [0.25, 0.3) is 0 Å². The van der Waals surface area contributed by atoms with Crippen LogP contribution in [-0.4, -0.2) is 80.4 Å². The van der Waals surface area contributed by atoms with Crippen LogP contribution in [0.1, 0.15) is 0 Å². The van der Waals surface area contributed by atoms with Gasteiger partial charge in [0.25, 0.3) is 0 Å². The Hall–Kier alpha value is -1.15. The minimum atomic E-state index is -3.17. The zero-order chi connectivity index (χ0) is 13.3. The van der Waals surface area contributed by atoms with Crippen LogP contribution in [0.2, 0.25) is 0 Å². The minimum absolute atomic E-state index is 0.000416. The SMILES string of the molecule is CS(=O)(=O)N1CC(C(=O)N2CCN(C=O)CC2)C1. The Morgan fingerprint density at radius 1 is 1.17 bits per heavy atom. The van der Waals surface area contributed by atoms with Gasteiger partial charge in [0.1, 0.15) is 0 Å². The summed E-state index contributed by atoms with van der Waals surface area (Å²) in [7, 11) is -3.17. The van der Waals surface area contributed by atoms with Gasteiger partial charge in [-0.15, -0.1) is 0 Å². The predicted octanol–water partition coefficient (Wildman–Crippen LogP) is -1.82. The average Bonchev–Trinajstić information content (AvgIpc) is 2.25. The van der Waals surface area contributed by atoms with Crippen LogP contribution in [-0.2, 0) is 19.6 Å². The molecule has 0 saturated carbocycles. The third-order valence-electron chi connectivity index (χ3n) is 3.44. The van der Waals surface area contributed by atoms with Crippen molar-refractivity contribution < 1.29 is 18.0 Å². The number of hydrogen-bond donors (Lipinski definition) is 0. The Balaban J connectivity index is 1.82. The molecule has 0 spiro atoms. The van der Waals surface area contributed by atoms with Crippen molar-refractivity contribution in [3.05, 3.63) is 0 Å². The first-order valence-electron chi connectivity index (χ1n) is 5.85. The zero-order valence-electron chi connectivity index (χ0n) is 10.3. The second kappa shape index (κ2) is 4.85. The van der Waals surface area contributed by atoms with E-state index in [1.807, 2.05) is 0 Å². The number of carbonyl (C=O) groups is 2. The molecule has 0 aromatic rings. The van der Waals surface area contributed by atoms with Crippen LogP contribution in [0.15, 0.2) is 0 Å². The van der Waals surface area contributed by atoms with Gasteiger partial charge < -0.3 is 9.80 Å². The minimum Gasteiger partial charge on any atom is -0.342 e. The Morgan fingerprint density at radius 2 is 1.72 bits per heavy atom. The van der Waals surface area contributed by atoms with Crippen molar-refractivity contribution in [3.8, 4) is 0 Å². The fraction of sp³-hybridized carbons (Fsp3) is 0.800. The average molecular weight is 275 g/mol. The first-order chi connectivity index (χ1) is 8.41. The summed E-state index contributed by atoms with van der Waals surface area (Å²) >= 11 is 0. The third-order valence-corrected chi connectivity index (χ3v) is 4.68. The lowest BCUT2D eigenvalue weighted by atomic mass is 10.0. The second-order valence-electron chi connectivity index (χ2n) is 4.74. The molecular weight excluding hydrogens is 258 g/mol. The molecule has 7 nitrogen and oxygen atoms in total. The number of nitrogens with zero attached hydrogens (tertiary/aromatic N) is 3. The zero-order valence-corrected chi connectivity index (χ0v) is 11.1. The largest absolute Gasteiger partial charge is 0.342 e. The van der Waals surface area contributed by atoms with Crippen molar-refractivity contribution in [2.45, 2.75) is 0 Å². The molecule has 0 aromatic heterocycles. The molecule has 2 aliphatic rings. The van der Waals surface area contributed by atoms with Crippen LogP contribution < -0.4 is 0 Å². The molecular formula is C10H17N3O4S. The fourth-order valence-corrected chi connectivity index (χ4v) is 3.07. The number of hydrogen-bond acceptors (Lipinski definition) is 4. The number of sulfonamides is 1. The molecule has 0 aromatic carbocycles. The van der Waals surface area contributed by atoms with E-state index < -0.39 is 10.0 Å². The van der Waals surface area contributed by atoms with Gasteiger partial charge in [-0.05, 0) is 0 Å². The summed E-state index contributed by atoms with van der Waals surface area (Å²) in [5.74, 6) is -0.219. The summed E-state index contributed by atoms with van der Waals surface area (Å²) in [5.41, 5.74) is 0. The molecule has 2 rings (SSSR count). The number of piperazine rings is 1. The van der Waals surface area contributed by atoms with Crippen molar-refractivity contribution >= 4 is 22.3 Å². The highest BCUT2D eigenvalue weighted by atomic mass is 32.2. The van der Waals surface area contributed by atoms with Crippen LogP contribution >= 0.6 is 0 Å². The van der Waals surface area contributed by atoms with Crippen molar-refractivity contribution in [2.24, 2.45) is 5.92 Å². The smallest absolute Gasteiger partial charge is 0.228 e. The Bertz CT molecular complexity index is 436. The first-order valence-corrected chi connectivity index (χ1v) is 7.70. The fourth-order valence-electron chi connectivity index (χ4n) is 2.17. The maximum absolute atomic E-state index is 12.0. The van der Waals surface area contributed by atoms with Gasteiger partial charge in [-0.1, -0.05) is 0 Å². The maximum atomic E-state index is 12.0. The molecule has 0 N–H and O–H groups in total. The lowest BCUT2D eigenvalue weighted by molar-refractivity contribution is -0.142. The molecule has 2 saturated heterocycles. The lowest BCUT2D eigenvalue weighted by Gasteiger charge is -2.41. The molecule has 2 heterocycles. The van der Waals surface area contributed by atoms with Crippen LogP contribution in [0.3, 0.4) is 0 Å². The van der Waals surface area contributed by atoms with Crippen LogP contribution in [0, 0.1) is 5.92 Å². The quantitative estimate of drug-likeness (QED) is 0.568. The summed E-state index contributed by atoms with van der Waals surface area (Å²) in [6.07, 6.45) is 1.94. The van der Waals surface area contributed by atoms with E-state index in [1.165, 1.54) is 4.31 Å². The van der Waals surface area contributed by atoms with Crippen LogP contribution in [0.4, 0.5) is 0 Å². The summed E-state index contributed by atoms with van der Waals surface area (Å²) < 4.78 is 23.7. The topological polar surface area (TPSA) is 78.0 Å². The molecule has 102 valence electrons. The van der Waals surface area contributed by atoms with Crippen molar-refractivity contribution in [2.75, 3.05) is 45.5 Å². The standard InChI is InChI=1S/C10H17N3O4S/c1-18(16,17)13-6-9(7-13)10(15)12-4-2-11(8-14)3-5-12/h8-9H,2-7H2,1H3. The van der Waals surface area contributed by atoms with Crippen molar-refractivity contribution in [1.82, 2.24) is 14.1 Å². The first kappa shape index (κ1) is 13.3. The van der Waals surface area contributed by atoms with E-state index in [-0.39, 0.29) is 24.9 Å². The van der Waals surface area contributed by atoms with E-state index in [4.69, 9.17) is 0 Å². The second-order valence-corrected chi connectivity index (χ2v) is 6.73.